The van der Waals surface area contributed by atoms with Crippen LogP contribution in [0.5, 0.6) is 11.5 Å². The molecular weight excluding hydrogens is 382 g/mol. The third kappa shape index (κ3) is 4.57. The fraction of sp³-hybridized carbons (Fsp3) is 0.714. The zero-order valence-electron chi connectivity index (χ0n) is 17.5. The Kier molecular flexibility index (Phi) is 6.77. The average molecular weight is 414 g/mol. The van der Waals surface area contributed by atoms with Gasteiger partial charge >= 0.3 is 0 Å². The first-order valence-electron chi connectivity index (χ1n) is 9.86. The van der Waals surface area contributed by atoms with Crippen LogP contribution in [0.1, 0.15) is 44.4 Å². The van der Waals surface area contributed by atoms with Crippen molar-refractivity contribution < 1.29 is 24.1 Å². The van der Waals surface area contributed by atoms with Gasteiger partial charge in [-0.3, -0.25) is 4.90 Å². The number of ether oxygens (including phenoxy) is 4. The molecule has 1 N–H and O–H groups in total. The molecule has 0 spiro atoms. The van der Waals surface area contributed by atoms with Crippen LogP contribution >= 0.6 is 11.6 Å². The second kappa shape index (κ2) is 8.76. The van der Waals surface area contributed by atoms with Crippen LogP contribution in [-0.4, -0.2) is 68.3 Å². The maximum absolute atomic E-state index is 10.7. The summed E-state index contributed by atoms with van der Waals surface area (Å²) in [6.07, 6.45) is 0.728. The van der Waals surface area contributed by atoms with E-state index in [0.717, 1.165) is 24.1 Å². The Morgan fingerprint density at radius 1 is 1.25 bits per heavy atom. The van der Waals surface area contributed by atoms with Gasteiger partial charge in [0.15, 0.2) is 11.5 Å². The summed E-state index contributed by atoms with van der Waals surface area (Å²) in [5, 5.41) is 11.3. The molecule has 1 fully saturated rings. The first-order valence-corrected chi connectivity index (χ1v) is 10.2. The van der Waals surface area contributed by atoms with Crippen LogP contribution in [0.15, 0.2) is 6.07 Å². The number of methoxy groups -OCH3 is 2. The molecule has 1 aromatic rings. The molecule has 1 aromatic carbocycles. The normalized spacial score (nSPS) is 25.2. The predicted molar refractivity (Wildman–Crippen MR) is 109 cm³/mol. The topological polar surface area (TPSA) is 60.4 Å². The highest BCUT2D eigenvalue weighted by atomic mass is 35.5. The number of aliphatic hydroxyl groups is 1. The third-order valence-electron chi connectivity index (χ3n) is 5.34. The van der Waals surface area contributed by atoms with Crippen molar-refractivity contribution in [2.75, 3.05) is 40.5 Å². The Labute approximate surface area is 172 Å². The molecule has 0 amide bonds. The molecule has 0 radical (unpaired) electrons. The molecule has 3 atom stereocenters. The SMILES string of the molecule is COCCOc1c(OC)cc2c(c1Cl)CCN1C[C@@H](OC(C)(C)C)[C@H](O)C[C@H]21. The lowest BCUT2D eigenvalue weighted by atomic mass is 9.84. The van der Waals surface area contributed by atoms with Gasteiger partial charge in [-0.05, 0) is 50.8 Å². The number of piperidine rings is 1. The van der Waals surface area contributed by atoms with E-state index in [-0.39, 0.29) is 17.7 Å². The Hall–Kier alpha value is -1.05. The quantitative estimate of drug-likeness (QED) is 0.722. The lowest BCUT2D eigenvalue weighted by molar-refractivity contribution is -0.149. The van der Waals surface area contributed by atoms with E-state index in [1.54, 1.807) is 14.2 Å². The second-order valence-corrected chi connectivity index (χ2v) is 8.84. The minimum absolute atomic E-state index is 0.0954. The minimum Gasteiger partial charge on any atom is -0.493 e. The zero-order valence-corrected chi connectivity index (χ0v) is 18.2. The highest BCUT2D eigenvalue weighted by molar-refractivity contribution is 6.33. The summed E-state index contributed by atoms with van der Waals surface area (Å²) in [7, 11) is 3.25. The number of hydrogen-bond donors (Lipinski definition) is 1. The Bertz CT molecular complexity index is 690. The summed E-state index contributed by atoms with van der Waals surface area (Å²) < 4.78 is 22.5. The number of halogens is 1. The van der Waals surface area contributed by atoms with Gasteiger partial charge in [-0.15, -0.1) is 0 Å². The van der Waals surface area contributed by atoms with E-state index in [4.69, 9.17) is 30.5 Å². The van der Waals surface area contributed by atoms with Gasteiger partial charge in [-0.2, -0.15) is 0 Å². The zero-order chi connectivity index (χ0) is 20.5. The highest BCUT2D eigenvalue weighted by Crippen LogP contribution is 2.47. The van der Waals surface area contributed by atoms with E-state index in [1.807, 2.05) is 26.8 Å². The van der Waals surface area contributed by atoms with Gasteiger partial charge in [0.25, 0.3) is 0 Å². The molecule has 28 heavy (non-hydrogen) atoms. The summed E-state index contributed by atoms with van der Waals surface area (Å²) in [5.74, 6) is 1.18. The van der Waals surface area contributed by atoms with E-state index >= 15 is 0 Å². The van der Waals surface area contributed by atoms with Crippen molar-refractivity contribution in [3.05, 3.63) is 22.2 Å². The van der Waals surface area contributed by atoms with Gasteiger partial charge in [-0.1, -0.05) is 11.6 Å². The first-order chi connectivity index (χ1) is 13.2. The monoisotopic (exact) mass is 413 g/mol. The summed E-state index contributed by atoms with van der Waals surface area (Å²) in [4.78, 5) is 2.38. The maximum atomic E-state index is 10.7. The molecule has 0 unspecified atom stereocenters. The van der Waals surface area contributed by atoms with E-state index in [9.17, 15) is 5.11 Å². The number of aliphatic hydroxyl groups excluding tert-OH is 1. The van der Waals surface area contributed by atoms with E-state index in [0.29, 0.717) is 42.7 Å². The molecule has 2 heterocycles. The molecule has 6 nitrogen and oxygen atoms in total. The smallest absolute Gasteiger partial charge is 0.180 e. The predicted octanol–water partition coefficient (Wildman–Crippen LogP) is 3.22. The van der Waals surface area contributed by atoms with Crippen LogP contribution in [0.2, 0.25) is 5.02 Å². The van der Waals surface area contributed by atoms with Crippen LogP contribution in [0.3, 0.4) is 0 Å². The lowest BCUT2D eigenvalue weighted by Gasteiger charge is -2.47. The maximum Gasteiger partial charge on any atom is 0.180 e. The number of nitrogens with zero attached hydrogens (tertiary/aromatic N) is 1. The van der Waals surface area contributed by atoms with Gasteiger partial charge in [0.05, 0.1) is 36.5 Å². The third-order valence-corrected chi connectivity index (χ3v) is 5.74. The van der Waals surface area contributed by atoms with Crippen molar-refractivity contribution in [1.82, 2.24) is 4.90 Å². The van der Waals surface area contributed by atoms with Gasteiger partial charge in [0.1, 0.15) is 6.61 Å². The summed E-state index contributed by atoms with van der Waals surface area (Å²) >= 11 is 6.72. The molecule has 0 aromatic heterocycles. The van der Waals surface area contributed by atoms with Crippen LogP contribution in [0, 0.1) is 0 Å². The van der Waals surface area contributed by atoms with Crippen molar-refractivity contribution >= 4 is 11.6 Å². The Morgan fingerprint density at radius 2 is 2.00 bits per heavy atom. The second-order valence-electron chi connectivity index (χ2n) is 8.46. The van der Waals surface area contributed by atoms with E-state index in [1.165, 1.54) is 0 Å². The standard InChI is InChI=1S/C21H32ClNO5/c1-21(2,3)28-18-12-23-7-6-13-14(15(23)11-16(18)24)10-17(26-5)20(19(13)22)27-9-8-25-4/h10,15-16,18,24H,6-9,11-12H2,1-5H3/t15-,16-,18-/m1/s1. The summed E-state index contributed by atoms with van der Waals surface area (Å²) in [6, 6.07) is 2.11. The van der Waals surface area contributed by atoms with Crippen molar-refractivity contribution in [1.29, 1.82) is 0 Å². The molecule has 1 saturated heterocycles. The van der Waals surface area contributed by atoms with Gasteiger partial charge in [0, 0.05) is 26.2 Å². The molecule has 0 aliphatic carbocycles. The van der Waals surface area contributed by atoms with Crippen molar-refractivity contribution in [3.8, 4) is 11.5 Å². The summed E-state index contributed by atoms with van der Waals surface area (Å²) in [5.41, 5.74) is 1.91. The number of benzene rings is 1. The molecular formula is C21H32ClNO5. The Morgan fingerprint density at radius 3 is 2.64 bits per heavy atom. The molecule has 2 aliphatic rings. The fourth-order valence-corrected chi connectivity index (χ4v) is 4.49. The number of fused-ring (bicyclic) bond motifs is 3. The van der Waals surface area contributed by atoms with Crippen LogP contribution in [0.25, 0.3) is 0 Å². The Balaban J connectivity index is 1.86. The van der Waals surface area contributed by atoms with Crippen molar-refractivity contribution in [2.45, 2.75) is 57.5 Å². The molecule has 3 rings (SSSR count). The van der Waals surface area contributed by atoms with Crippen LogP contribution < -0.4 is 9.47 Å². The number of rotatable bonds is 6. The number of hydrogen-bond acceptors (Lipinski definition) is 6. The van der Waals surface area contributed by atoms with Crippen molar-refractivity contribution in [2.24, 2.45) is 0 Å². The fourth-order valence-electron chi connectivity index (χ4n) is 4.14. The van der Waals surface area contributed by atoms with Crippen molar-refractivity contribution in [3.63, 3.8) is 0 Å². The average Bonchev–Trinajstić information content (AvgIpc) is 2.63. The summed E-state index contributed by atoms with van der Waals surface area (Å²) in [6.45, 7) is 8.53. The van der Waals surface area contributed by atoms with Gasteiger partial charge < -0.3 is 24.1 Å². The largest absolute Gasteiger partial charge is 0.493 e. The minimum atomic E-state index is -0.520. The molecule has 158 valence electrons. The van der Waals surface area contributed by atoms with Crippen LogP contribution in [0.4, 0.5) is 0 Å². The van der Waals surface area contributed by atoms with E-state index < -0.39 is 6.10 Å². The highest BCUT2D eigenvalue weighted by Gasteiger charge is 2.41. The van der Waals surface area contributed by atoms with Crippen LogP contribution in [-0.2, 0) is 15.9 Å². The lowest BCUT2D eigenvalue weighted by Crippen LogP contribution is -2.53. The molecule has 7 heteroatoms. The van der Waals surface area contributed by atoms with Gasteiger partial charge in [0.2, 0.25) is 0 Å². The van der Waals surface area contributed by atoms with Gasteiger partial charge in [-0.25, -0.2) is 0 Å². The molecule has 0 saturated carbocycles. The molecule has 2 aliphatic heterocycles. The van der Waals surface area contributed by atoms with E-state index in [2.05, 4.69) is 4.90 Å². The molecule has 0 bridgehead atoms. The first kappa shape index (κ1) is 21.7.